The summed E-state index contributed by atoms with van der Waals surface area (Å²) in [5.74, 6) is -0.278. The molecule has 3 rings (SSSR count). The Labute approximate surface area is 152 Å². The highest BCUT2D eigenvalue weighted by atomic mass is 19.1. The Hall–Kier alpha value is -2.95. The second-order valence-electron chi connectivity index (χ2n) is 6.67. The Kier molecular flexibility index (Phi) is 5.16. The maximum absolute atomic E-state index is 13.1. The Morgan fingerprint density at radius 2 is 1.85 bits per heavy atom. The van der Waals surface area contributed by atoms with Gasteiger partial charge in [-0.15, -0.1) is 0 Å². The standard InChI is InChI=1S/C21H21FN2O2/c1-21(2,24-20(25)26-14-15-6-4-3-5-7-15)19-13-12-18(23-19)16-8-10-17(22)11-9-16/h3-12H,13-14H2,1-2H3,(H,24,25). The Morgan fingerprint density at radius 1 is 1.15 bits per heavy atom. The van der Waals surface area contributed by atoms with Crippen LogP contribution in [0.2, 0.25) is 0 Å². The van der Waals surface area contributed by atoms with Crippen LogP contribution >= 0.6 is 0 Å². The van der Waals surface area contributed by atoms with Crippen LogP contribution in [0.5, 0.6) is 0 Å². The summed E-state index contributed by atoms with van der Waals surface area (Å²) < 4.78 is 18.3. The Balaban J connectivity index is 1.60. The summed E-state index contributed by atoms with van der Waals surface area (Å²) in [4.78, 5) is 16.7. The molecule has 1 amide bonds. The quantitative estimate of drug-likeness (QED) is 0.847. The van der Waals surface area contributed by atoms with Gasteiger partial charge < -0.3 is 10.1 Å². The highest BCUT2D eigenvalue weighted by molar-refractivity contribution is 6.02. The number of alkyl carbamates (subject to hydrolysis) is 1. The molecule has 1 aliphatic rings. The molecular weight excluding hydrogens is 331 g/mol. The zero-order valence-corrected chi connectivity index (χ0v) is 14.8. The average Bonchev–Trinajstić information content (AvgIpc) is 3.12. The van der Waals surface area contributed by atoms with Gasteiger partial charge in [0.15, 0.2) is 0 Å². The molecule has 0 spiro atoms. The second kappa shape index (κ2) is 7.52. The molecule has 2 aromatic rings. The molecule has 2 aromatic carbocycles. The van der Waals surface area contributed by atoms with Crippen molar-refractivity contribution in [3.05, 3.63) is 77.6 Å². The molecule has 26 heavy (non-hydrogen) atoms. The number of benzene rings is 2. The summed E-state index contributed by atoms with van der Waals surface area (Å²) in [6.07, 6.45) is 2.11. The van der Waals surface area contributed by atoms with Crippen LogP contribution in [-0.4, -0.2) is 17.3 Å². The van der Waals surface area contributed by atoms with Crippen molar-refractivity contribution >= 4 is 17.5 Å². The van der Waals surface area contributed by atoms with Crippen molar-refractivity contribution < 1.29 is 13.9 Å². The van der Waals surface area contributed by atoms with E-state index in [4.69, 9.17) is 4.74 Å². The lowest BCUT2D eigenvalue weighted by molar-refractivity contribution is 0.134. The van der Waals surface area contributed by atoms with Gasteiger partial charge >= 0.3 is 6.09 Å². The lowest BCUT2D eigenvalue weighted by Crippen LogP contribution is -2.49. The van der Waals surface area contributed by atoms with Crippen LogP contribution in [0.4, 0.5) is 9.18 Å². The molecule has 0 saturated carbocycles. The number of carbonyl (C=O) groups excluding carboxylic acids is 1. The molecular formula is C21H21FN2O2. The number of carbonyl (C=O) groups is 1. The monoisotopic (exact) mass is 352 g/mol. The summed E-state index contributed by atoms with van der Waals surface area (Å²) in [6, 6.07) is 15.7. The average molecular weight is 352 g/mol. The number of amides is 1. The first-order valence-corrected chi connectivity index (χ1v) is 8.47. The topological polar surface area (TPSA) is 50.7 Å². The smallest absolute Gasteiger partial charge is 0.408 e. The number of nitrogens with one attached hydrogen (secondary N) is 1. The van der Waals surface area contributed by atoms with E-state index in [1.165, 1.54) is 12.1 Å². The molecule has 0 fully saturated rings. The van der Waals surface area contributed by atoms with Gasteiger partial charge in [0.1, 0.15) is 12.4 Å². The van der Waals surface area contributed by atoms with Crippen LogP contribution in [-0.2, 0) is 11.3 Å². The SMILES string of the molecule is CC(C)(NC(=O)OCc1ccccc1)C1=NC(c2ccc(F)cc2)=CC1. The summed E-state index contributed by atoms with van der Waals surface area (Å²) in [5, 5.41) is 2.86. The second-order valence-corrected chi connectivity index (χ2v) is 6.67. The minimum atomic E-state index is -0.647. The molecule has 4 nitrogen and oxygen atoms in total. The fraction of sp³-hybridized carbons (Fsp3) is 0.238. The zero-order chi connectivity index (χ0) is 18.6. The first-order valence-electron chi connectivity index (χ1n) is 8.47. The maximum Gasteiger partial charge on any atom is 0.408 e. The first-order chi connectivity index (χ1) is 12.4. The third kappa shape index (κ3) is 4.36. The number of halogens is 1. The van der Waals surface area contributed by atoms with E-state index in [9.17, 15) is 9.18 Å². The lowest BCUT2D eigenvalue weighted by atomic mass is 9.97. The van der Waals surface area contributed by atoms with Gasteiger partial charge in [0.05, 0.1) is 11.2 Å². The van der Waals surface area contributed by atoms with E-state index in [1.54, 1.807) is 12.1 Å². The molecule has 1 aliphatic heterocycles. The molecule has 0 aliphatic carbocycles. The number of allylic oxidation sites excluding steroid dienone is 1. The maximum atomic E-state index is 13.1. The third-order valence-corrected chi connectivity index (χ3v) is 4.23. The van der Waals surface area contributed by atoms with E-state index in [-0.39, 0.29) is 12.4 Å². The van der Waals surface area contributed by atoms with Crippen molar-refractivity contribution in [2.24, 2.45) is 4.99 Å². The molecule has 0 aromatic heterocycles. The highest BCUT2D eigenvalue weighted by Gasteiger charge is 2.29. The molecule has 5 heteroatoms. The van der Waals surface area contributed by atoms with Crippen molar-refractivity contribution in [2.75, 3.05) is 0 Å². The highest BCUT2D eigenvalue weighted by Crippen LogP contribution is 2.26. The molecule has 1 N–H and O–H groups in total. The number of ether oxygens (including phenoxy) is 1. The van der Waals surface area contributed by atoms with Gasteiger partial charge in [-0.25, -0.2) is 9.18 Å². The van der Waals surface area contributed by atoms with Gasteiger partial charge in [0.25, 0.3) is 0 Å². The fourth-order valence-electron chi connectivity index (χ4n) is 2.71. The van der Waals surface area contributed by atoms with Crippen LogP contribution in [0.1, 0.15) is 31.4 Å². The molecule has 0 radical (unpaired) electrons. The normalized spacial score (nSPS) is 13.8. The van der Waals surface area contributed by atoms with Crippen LogP contribution in [0.25, 0.3) is 5.70 Å². The van der Waals surface area contributed by atoms with E-state index < -0.39 is 11.6 Å². The molecule has 0 atom stereocenters. The Morgan fingerprint density at radius 3 is 2.54 bits per heavy atom. The van der Waals surface area contributed by atoms with Crippen LogP contribution < -0.4 is 5.32 Å². The van der Waals surface area contributed by atoms with E-state index in [0.717, 1.165) is 22.5 Å². The molecule has 0 saturated heterocycles. The number of rotatable bonds is 5. The molecule has 0 bridgehead atoms. The number of aliphatic imine (C=N–C) groups is 1. The third-order valence-electron chi connectivity index (χ3n) is 4.23. The largest absolute Gasteiger partial charge is 0.445 e. The van der Waals surface area contributed by atoms with Crippen molar-refractivity contribution in [3.8, 4) is 0 Å². The summed E-state index contributed by atoms with van der Waals surface area (Å²) in [7, 11) is 0. The van der Waals surface area contributed by atoms with Gasteiger partial charge in [0.2, 0.25) is 0 Å². The van der Waals surface area contributed by atoms with Crippen molar-refractivity contribution in [3.63, 3.8) is 0 Å². The van der Waals surface area contributed by atoms with Gasteiger partial charge in [-0.1, -0.05) is 36.4 Å². The Bertz CT molecular complexity index is 840. The van der Waals surface area contributed by atoms with E-state index in [1.807, 2.05) is 50.3 Å². The lowest BCUT2D eigenvalue weighted by Gasteiger charge is -2.26. The molecule has 0 unspecified atom stereocenters. The first kappa shape index (κ1) is 17.9. The predicted octanol–water partition coefficient (Wildman–Crippen LogP) is 4.72. The minimum absolute atomic E-state index is 0.217. The van der Waals surface area contributed by atoms with Gasteiger partial charge in [-0.3, -0.25) is 4.99 Å². The number of hydrogen-bond acceptors (Lipinski definition) is 3. The van der Waals surface area contributed by atoms with Crippen LogP contribution in [0.3, 0.4) is 0 Å². The van der Waals surface area contributed by atoms with Crippen LogP contribution in [0, 0.1) is 5.82 Å². The summed E-state index contributed by atoms with van der Waals surface area (Å²) in [5.41, 5.74) is 2.75. The van der Waals surface area contributed by atoms with Crippen molar-refractivity contribution in [2.45, 2.75) is 32.4 Å². The van der Waals surface area contributed by atoms with E-state index in [0.29, 0.717) is 6.42 Å². The minimum Gasteiger partial charge on any atom is -0.445 e. The van der Waals surface area contributed by atoms with E-state index in [2.05, 4.69) is 10.3 Å². The zero-order valence-electron chi connectivity index (χ0n) is 14.8. The number of hydrogen-bond donors (Lipinski definition) is 1. The van der Waals surface area contributed by atoms with Crippen molar-refractivity contribution in [1.29, 1.82) is 0 Å². The van der Waals surface area contributed by atoms with Gasteiger partial charge in [0, 0.05) is 12.1 Å². The fourth-order valence-corrected chi connectivity index (χ4v) is 2.71. The van der Waals surface area contributed by atoms with Crippen LogP contribution in [0.15, 0.2) is 65.7 Å². The summed E-state index contributed by atoms with van der Waals surface area (Å²) in [6.45, 7) is 3.99. The summed E-state index contributed by atoms with van der Waals surface area (Å²) >= 11 is 0. The van der Waals surface area contributed by atoms with Crippen molar-refractivity contribution in [1.82, 2.24) is 5.32 Å². The van der Waals surface area contributed by atoms with Gasteiger partial charge in [-0.05, 0) is 49.2 Å². The molecule has 1 heterocycles. The van der Waals surface area contributed by atoms with Gasteiger partial charge in [-0.2, -0.15) is 0 Å². The predicted molar refractivity (Wildman–Crippen MR) is 100 cm³/mol. The molecule has 134 valence electrons. The van der Waals surface area contributed by atoms with E-state index >= 15 is 0 Å². The number of nitrogens with zero attached hydrogens (tertiary/aromatic N) is 1.